The SMILES string of the molecule is CCc1ccc(CC(N)Cc2cccc(Cl)c2F)nc1. The molecule has 2 aromatic rings. The normalized spacial score (nSPS) is 12.4. The van der Waals surface area contributed by atoms with E-state index in [1.54, 1.807) is 12.1 Å². The molecule has 4 heteroatoms. The topological polar surface area (TPSA) is 38.9 Å². The molecule has 0 aliphatic carbocycles. The van der Waals surface area contributed by atoms with Crippen molar-refractivity contribution in [2.45, 2.75) is 32.2 Å². The van der Waals surface area contributed by atoms with E-state index in [1.807, 2.05) is 12.3 Å². The zero-order valence-electron chi connectivity index (χ0n) is 11.4. The molecule has 1 heterocycles. The molecule has 2 N–H and O–H groups in total. The van der Waals surface area contributed by atoms with Gasteiger partial charge in [-0.1, -0.05) is 36.7 Å². The molecule has 0 amide bonds. The first-order valence-electron chi connectivity index (χ1n) is 6.72. The zero-order valence-corrected chi connectivity index (χ0v) is 12.2. The monoisotopic (exact) mass is 292 g/mol. The second-order valence-electron chi connectivity index (χ2n) is 4.89. The van der Waals surface area contributed by atoms with Crippen LogP contribution in [0.1, 0.15) is 23.7 Å². The predicted octanol–water partition coefficient (Wildman–Crippen LogP) is 3.55. The Morgan fingerprint density at radius 1 is 1.25 bits per heavy atom. The Labute approximate surface area is 123 Å². The largest absolute Gasteiger partial charge is 0.327 e. The first-order valence-corrected chi connectivity index (χ1v) is 7.10. The minimum absolute atomic E-state index is 0.139. The molecule has 0 aliphatic heterocycles. The van der Waals surface area contributed by atoms with E-state index in [0.717, 1.165) is 12.1 Å². The Morgan fingerprint density at radius 2 is 2.05 bits per heavy atom. The van der Waals surface area contributed by atoms with Gasteiger partial charge in [-0.25, -0.2) is 4.39 Å². The summed E-state index contributed by atoms with van der Waals surface area (Å²) in [7, 11) is 0. The second-order valence-corrected chi connectivity index (χ2v) is 5.30. The molecule has 1 aromatic carbocycles. The smallest absolute Gasteiger partial charge is 0.145 e. The lowest BCUT2D eigenvalue weighted by atomic mass is 10.0. The van der Waals surface area contributed by atoms with E-state index in [9.17, 15) is 4.39 Å². The predicted molar refractivity (Wildman–Crippen MR) is 80.4 cm³/mol. The van der Waals surface area contributed by atoms with Gasteiger partial charge in [0.1, 0.15) is 5.82 Å². The average molecular weight is 293 g/mol. The average Bonchev–Trinajstić information content (AvgIpc) is 2.45. The standard InChI is InChI=1S/C16H18ClFN2/c1-2-11-6-7-14(20-10-11)9-13(19)8-12-4-3-5-15(17)16(12)18/h3-7,10,13H,2,8-9,19H2,1H3. The maximum Gasteiger partial charge on any atom is 0.145 e. The van der Waals surface area contributed by atoms with Crippen molar-refractivity contribution in [3.63, 3.8) is 0 Å². The summed E-state index contributed by atoms with van der Waals surface area (Å²) in [6.45, 7) is 2.09. The summed E-state index contributed by atoms with van der Waals surface area (Å²) in [4.78, 5) is 4.37. The van der Waals surface area contributed by atoms with Crippen LogP contribution < -0.4 is 5.73 Å². The molecule has 2 nitrogen and oxygen atoms in total. The number of nitrogens with two attached hydrogens (primary N) is 1. The maximum atomic E-state index is 13.8. The first-order chi connectivity index (χ1) is 9.60. The molecule has 0 fully saturated rings. The van der Waals surface area contributed by atoms with Gasteiger partial charge in [0.05, 0.1) is 5.02 Å². The fourth-order valence-electron chi connectivity index (χ4n) is 2.11. The molecule has 0 spiro atoms. The first kappa shape index (κ1) is 14.9. The molecule has 1 atom stereocenters. The molecule has 106 valence electrons. The molecule has 0 radical (unpaired) electrons. The van der Waals surface area contributed by atoms with Crippen LogP contribution in [0.4, 0.5) is 4.39 Å². The number of aryl methyl sites for hydroxylation is 1. The quantitative estimate of drug-likeness (QED) is 0.915. The number of hydrogen-bond acceptors (Lipinski definition) is 2. The van der Waals surface area contributed by atoms with E-state index in [1.165, 1.54) is 11.6 Å². The van der Waals surface area contributed by atoms with Gasteiger partial charge in [0.2, 0.25) is 0 Å². The molecular formula is C16H18ClFN2. The van der Waals surface area contributed by atoms with E-state index in [2.05, 4.69) is 18.0 Å². The Hall–Kier alpha value is -1.45. The molecule has 1 aromatic heterocycles. The van der Waals surface area contributed by atoms with Crippen LogP contribution in [-0.2, 0) is 19.3 Å². The Bertz CT molecular complexity index is 569. The van der Waals surface area contributed by atoms with Crippen molar-refractivity contribution in [3.8, 4) is 0 Å². The molecule has 0 saturated carbocycles. The molecule has 2 rings (SSSR count). The van der Waals surface area contributed by atoms with Gasteiger partial charge in [0.15, 0.2) is 0 Å². The Morgan fingerprint density at radius 3 is 2.70 bits per heavy atom. The van der Waals surface area contributed by atoms with E-state index in [4.69, 9.17) is 17.3 Å². The summed E-state index contributed by atoms with van der Waals surface area (Å²) in [5, 5.41) is 0.139. The second kappa shape index (κ2) is 6.82. The van der Waals surface area contributed by atoms with Crippen LogP contribution in [0, 0.1) is 5.82 Å². The van der Waals surface area contributed by atoms with Crippen molar-refractivity contribution in [3.05, 3.63) is 64.2 Å². The fraction of sp³-hybridized carbons (Fsp3) is 0.312. The molecule has 0 bridgehead atoms. The van der Waals surface area contributed by atoms with Crippen LogP contribution >= 0.6 is 11.6 Å². The summed E-state index contributed by atoms with van der Waals surface area (Å²) in [6.07, 6.45) is 3.90. The van der Waals surface area contributed by atoms with Crippen molar-refractivity contribution in [1.82, 2.24) is 4.98 Å². The number of benzene rings is 1. The number of halogens is 2. The van der Waals surface area contributed by atoms with Crippen molar-refractivity contribution in [2.75, 3.05) is 0 Å². The summed E-state index contributed by atoms with van der Waals surface area (Å²) >= 11 is 5.76. The van der Waals surface area contributed by atoms with Gasteiger partial charge >= 0.3 is 0 Å². The maximum absolute atomic E-state index is 13.8. The lowest BCUT2D eigenvalue weighted by Crippen LogP contribution is -2.26. The lowest BCUT2D eigenvalue weighted by molar-refractivity contribution is 0.582. The van der Waals surface area contributed by atoms with Gasteiger partial charge < -0.3 is 5.73 Å². The minimum atomic E-state index is -0.376. The van der Waals surface area contributed by atoms with Crippen LogP contribution in [0.5, 0.6) is 0 Å². The Balaban J connectivity index is 2.01. The summed E-state index contributed by atoms with van der Waals surface area (Å²) in [6, 6.07) is 8.85. The highest BCUT2D eigenvalue weighted by atomic mass is 35.5. The summed E-state index contributed by atoms with van der Waals surface area (Å²) in [5.74, 6) is -0.376. The third-order valence-electron chi connectivity index (χ3n) is 3.28. The summed E-state index contributed by atoms with van der Waals surface area (Å²) < 4.78 is 13.8. The van der Waals surface area contributed by atoms with Gasteiger partial charge in [-0.05, 0) is 36.1 Å². The van der Waals surface area contributed by atoms with Crippen molar-refractivity contribution in [2.24, 2.45) is 5.73 Å². The minimum Gasteiger partial charge on any atom is -0.327 e. The third-order valence-corrected chi connectivity index (χ3v) is 3.57. The van der Waals surface area contributed by atoms with E-state index in [-0.39, 0.29) is 16.9 Å². The number of hydrogen-bond donors (Lipinski definition) is 1. The Kier molecular flexibility index (Phi) is 5.10. The highest BCUT2D eigenvalue weighted by Gasteiger charge is 2.11. The highest BCUT2D eigenvalue weighted by Crippen LogP contribution is 2.19. The van der Waals surface area contributed by atoms with Crippen molar-refractivity contribution in [1.29, 1.82) is 0 Å². The number of aromatic nitrogens is 1. The van der Waals surface area contributed by atoms with Crippen LogP contribution in [-0.4, -0.2) is 11.0 Å². The fourth-order valence-corrected chi connectivity index (χ4v) is 2.31. The van der Waals surface area contributed by atoms with E-state index in [0.29, 0.717) is 18.4 Å². The highest BCUT2D eigenvalue weighted by molar-refractivity contribution is 6.30. The molecular weight excluding hydrogens is 275 g/mol. The molecule has 20 heavy (non-hydrogen) atoms. The lowest BCUT2D eigenvalue weighted by Gasteiger charge is -2.12. The van der Waals surface area contributed by atoms with Crippen LogP contribution in [0.15, 0.2) is 36.5 Å². The number of pyridine rings is 1. The van der Waals surface area contributed by atoms with Gasteiger partial charge in [-0.15, -0.1) is 0 Å². The summed E-state index contributed by atoms with van der Waals surface area (Å²) in [5.41, 5.74) is 8.75. The van der Waals surface area contributed by atoms with Crippen LogP contribution in [0.2, 0.25) is 5.02 Å². The molecule has 1 unspecified atom stereocenters. The molecule has 0 saturated heterocycles. The zero-order chi connectivity index (χ0) is 14.5. The number of nitrogens with zero attached hydrogens (tertiary/aromatic N) is 1. The van der Waals surface area contributed by atoms with E-state index >= 15 is 0 Å². The van der Waals surface area contributed by atoms with Gasteiger partial charge in [-0.2, -0.15) is 0 Å². The van der Waals surface area contributed by atoms with Gasteiger partial charge in [0, 0.05) is 24.4 Å². The molecule has 0 aliphatic rings. The van der Waals surface area contributed by atoms with Crippen molar-refractivity contribution >= 4 is 11.6 Å². The van der Waals surface area contributed by atoms with Gasteiger partial charge in [0.25, 0.3) is 0 Å². The van der Waals surface area contributed by atoms with Crippen molar-refractivity contribution < 1.29 is 4.39 Å². The van der Waals surface area contributed by atoms with E-state index < -0.39 is 0 Å². The third kappa shape index (κ3) is 3.78. The van der Waals surface area contributed by atoms with Crippen LogP contribution in [0.3, 0.4) is 0 Å². The van der Waals surface area contributed by atoms with Gasteiger partial charge in [-0.3, -0.25) is 4.98 Å². The van der Waals surface area contributed by atoms with Crippen LogP contribution in [0.25, 0.3) is 0 Å². The number of rotatable bonds is 5.